The number of nitrogens with zero attached hydrogens (tertiary/aromatic N) is 1. The van der Waals surface area contributed by atoms with Crippen molar-refractivity contribution in [2.24, 2.45) is 0 Å². The summed E-state index contributed by atoms with van der Waals surface area (Å²) in [5.74, 6) is 0. The van der Waals surface area contributed by atoms with Gasteiger partial charge in [-0.05, 0) is 31.0 Å². The van der Waals surface area contributed by atoms with Gasteiger partial charge in [0.15, 0.2) is 0 Å². The molecule has 0 atom stereocenters. The van der Waals surface area contributed by atoms with E-state index in [4.69, 9.17) is 0 Å². The summed E-state index contributed by atoms with van der Waals surface area (Å²) >= 11 is 0. The van der Waals surface area contributed by atoms with Crippen LogP contribution in [0.5, 0.6) is 0 Å². The van der Waals surface area contributed by atoms with E-state index in [1.165, 1.54) is 0 Å². The fourth-order valence-corrected chi connectivity index (χ4v) is 3.46. The van der Waals surface area contributed by atoms with Crippen molar-refractivity contribution in [1.29, 1.82) is 0 Å². The van der Waals surface area contributed by atoms with E-state index in [9.17, 15) is 5.11 Å². The molecule has 0 amide bonds. The molecule has 3 aromatic rings. The average molecular weight is 331 g/mol. The van der Waals surface area contributed by atoms with E-state index in [-0.39, 0.29) is 0 Å². The lowest BCUT2D eigenvalue weighted by Gasteiger charge is -2.35. The van der Waals surface area contributed by atoms with Gasteiger partial charge < -0.3 is 10.0 Å². The first-order valence-corrected chi connectivity index (χ1v) is 8.89. The molecule has 2 heteroatoms. The molecule has 0 saturated carbocycles. The van der Waals surface area contributed by atoms with E-state index in [0.29, 0.717) is 0 Å². The first-order valence-electron chi connectivity index (χ1n) is 8.89. The van der Waals surface area contributed by atoms with Gasteiger partial charge in [-0.3, -0.25) is 0 Å². The van der Waals surface area contributed by atoms with Crippen LogP contribution >= 0.6 is 0 Å². The molecule has 0 fully saturated rings. The van der Waals surface area contributed by atoms with Crippen molar-refractivity contribution < 1.29 is 5.11 Å². The highest BCUT2D eigenvalue weighted by molar-refractivity contribution is 5.62. The van der Waals surface area contributed by atoms with Crippen LogP contribution in [0.2, 0.25) is 0 Å². The lowest BCUT2D eigenvalue weighted by molar-refractivity contribution is 0.126. The molecule has 3 rings (SSSR count). The minimum absolute atomic E-state index is 0.876. The fraction of sp³-hybridized carbons (Fsp3) is 0.217. The maximum Gasteiger partial charge on any atom is 0.142 e. The van der Waals surface area contributed by atoms with E-state index in [2.05, 4.69) is 24.8 Å². The zero-order valence-corrected chi connectivity index (χ0v) is 14.9. The number of rotatable bonds is 6. The Labute approximate surface area is 150 Å². The van der Waals surface area contributed by atoms with Gasteiger partial charge in [0, 0.05) is 24.3 Å². The van der Waals surface area contributed by atoms with E-state index < -0.39 is 5.60 Å². The Kier molecular flexibility index (Phi) is 5.20. The Morgan fingerprint density at radius 2 is 1.12 bits per heavy atom. The highest BCUT2D eigenvalue weighted by Crippen LogP contribution is 2.41. The lowest BCUT2D eigenvalue weighted by Crippen LogP contribution is -2.33. The van der Waals surface area contributed by atoms with Crippen LogP contribution in [0.15, 0.2) is 84.9 Å². The molecule has 0 aliphatic carbocycles. The highest BCUT2D eigenvalue weighted by Gasteiger charge is 2.36. The topological polar surface area (TPSA) is 23.5 Å². The third-order valence-electron chi connectivity index (χ3n) is 4.78. The van der Waals surface area contributed by atoms with Crippen molar-refractivity contribution in [3.63, 3.8) is 0 Å². The van der Waals surface area contributed by atoms with Gasteiger partial charge in [0.1, 0.15) is 5.60 Å². The minimum atomic E-state index is -1.19. The summed E-state index contributed by atoms with van der Waals surface area (Å²) < 4.78 is 0. The van der Waals surface area contributed by atoms with Crippen LogP contribution in [0.1, 0.15) is 30.5 Å². The molecule has 0 saturated heterocycles. The van der Waals surface area contributed by atoms with Crippen molar-refractivity contribution in [3.8, 4) is 0 Å². The van der Waals surface area contributed by atoms with E-state index >= 15 is 0 Å². The van der Waals surface area contributed by atoms with E-state index in [1.807, 2.05) is 78.9 Å². The quantitative estimate of drug-likeness (QED) is 0.655. The summed E-state index contributed by atoms with van der Waals surface area (Å²) in [6.07, 6.45) is 0. The maximum atomic E-state index is 12.0. The molecule has 0 aliphatic rings. The maximum absolute atomic E-state index is 12.0. The van der Waals surface area contributed by atoms with Crippen molar-refractivity contribution in [3.05, 3.63) is 102 Å². The Morgan fingerprint density at radius 3 is 1.60 bits per heavy atom. The molecule has 3 aromatic carbocycles. The molecule has 2 nitrogen and oxygen atoms in total. The monoisotopic (exact) mass is 331 g/mol. The van der Waals surface area contributed by atoms with Gasteiger partial charge in [0.05, 0.1) is 0 Å². The van der Waals surface area contributed by atoms with Gasteiger partial charge in [-0.2, -0.15) is 0 Å². The van der Waals surface area contributed by atoms with Crippen LogP contribution in [0.3, 0.4) is 0 Å². The van der Waals surface area contributed by atoms with Gasteiger partial charge in [0.2, 0.25) is 0 Å². The summed E-state index contributed by atoms with van der Waals surface area (Å²) in [7, 11) is 0. The smallest absolute Gasteiger partial charge is 0.142 e. The Morgan fingerprint density at radius 1 is 0.680 bits per heavy atom. The summed E-state index contributed by atoms with van der Waals surface area (Å²) in [6, 6.07) is 28.0. The van der Waals surface area contributed by atoms with Gasteiger partial charge >= 0.3 is 0 Å². The predicted octanol–water partition coefficient (Wildman–Crippen LogP) is 4.82. The zero-order valence-electron chi connectivity index (χ0n) is 14.9. The molecule has 128 valence electrons. The van der Waals surface area contributed by atoms with E-state index in [0.717, 1.165) is 35.5 Å². The Hall–Kier alpha value is -2.58. The summed E-state index contributed by atoms with van der Waals surface area (Å²) in [4.78, 5) is 2.28. The molecular formula is C23H25NO. The molecular weight excluding hydrogens is 306 g/mol. The standard InChI is InChI=1S/C23H25NO/c1-3-24(4-2)22-18-12-11-17-21(22)23(25,19-13-7-5-8-14-19)20-15-9-6-10-16-20/h5-18,25H,3-4H2,1-2H3. The van der Waals surface area contributed by atoms with Gasteiger partial charge in [-0.1, -0.05) is 78.9 Å². The summed E-state index contributed by atoms with van der Waals surface area (Å²) in [5.41, 5.74) is 2.54. The third-order valence-corrected chi connectivity index (χ3v) is 4.78. The Balaban J connectivity index is 2.28. The van der Waals surface area contributed by atoms with Gasteiger partial charge in [-0.25, -0.2) is 0 Å². The van der Waals surface area contributed by atoms with Gasteiger partial charge in [0.25, 0.3) is 0 Å². The molecule has 25 heavy (non-hydrogen) atoms. The third kappa shape index (κ3) is 3.18. The fourth-order valence-electron chi connectivity index (χ4n) is 3.46. The van der Waals surface area contributed by atoms with E-state index in [1.54, 1.807) is 0 Å². The molecule has 1 N–H and O–H groups in total. The first kappa shape index (κ1) is 17.2. The predicted molar refractivity (Wildman–Crippen MR) is 105 cm³/mol. The average Bonchev–Trinajstić information content (AvgIpc) is 2.70. The number of hydrogen-bond donors (Lipinski definition) is 1. The van der Waals surface area contributed by atoms with Crippen LogP contribution in [0.4, 0.5) is 5.69 Å². The summed E-state index contributed by atoms with van der Waals surface area (Å²) in [6.45, 7) is 6.08. The number of para-hydroxylation sites is 1. The van der Waals surface area contributed by atoms with Crippen LogP contribution in [0, 0.1) is 0 Å². The molecule has 0 radical (unpaired) electrons. The normalized spacial score (nSPS) is 11.3. The van der Waals surface area contributed by atoms with Crippen molar-refractivity contribution in [2.75, 3.05) is 18.0 Å². The molecule has 0 spiro atoms. The van der Waals surface area contributed by atoms with Crippen LogP contribution in [-0.4, -0.2) is 18.2 Å². The largest absolute Gasteiger partial charge is 0.376 e. The number of aliphatic hydroxyl groups is 1. The summed E-state index contributed by atoms with van der Waals surface area (Å²) in [5, 5.41) is 12.0. The van der Waals surface area contributed by atoms with Crippen molar-refractivity contribution in [2.45, 2.75) is 19.4 Å². The molecule has 0 unspecified atom stereocenters. The molecule has 0 bridgehead atoms. The number of benzene rings is 3. The zero-order chi connectivity index (χ0) is 17.7. The van der Waals surface area contributed by atoms with Gasteiger partial charge in [-0.15, -0.1) is 0 Å². The molecule has 0 aliphatic heterocycles. The van der Waals surface area contributed by atoms with Crippen molar-refractivity contribution in [1.82, 2.24) is 0 Å². The number of anilines is 1. The van der Waals surface area contributed by atoms with Crippen molar-refractivity contribution >= 4 is 5.69 Å². The lowest BCUT2D eigenvalue weighted by atomic mass is 9.79. The minimum Gasteiger partial charge on any atom is -0.376 e. The SMILES string of the molecule is CCN(CC)c1ccccc1C(O)(c1ccccc1)c1ccccc1. The molecule has 0 heterocycles. The van der Waals surface area contributed by atoms with Crippen LogP contribution < -0.4 is 4.90 Å². The Bertz CT molecular complexity index is 755. The van der Waals surface area contributed by atoms with Crippen LogP contribution in [0.25, 0.3) is 0 Å². The second-order valence-corrected chi connectivity index (χ2v) is 6.13. The second-order valence-electron chi connectivity index (χ2n) is 6.13. The second kappa shape index (κ2) is 7.54. The molecule has 0 aromatic heterocycles. The number of hydrogen-bond acceptors (Lipinski definition) is 2. The van der Waals surface area contributed by atoms with Crippen LogP contribution in [-0.2, 0) is 5.60 Å². The first-order chi connectivity index (χ1) is 12.2. The highest BCUT2D eigenvalue weighted by atomic mass is 16.3.